The third-order valence-electron chi connectivity index (χ3n) is 4.69. The molecule has 2 heterocycles. The fourth-order valence-electron chi connectivity index (χ4n) is 3.12. The largest absolute Gasteiger partial charge is 0.497 e. The molecule has 0 radical (unpaired) electrons. The highest BCUT2D eigenvalue weighted by Crippen LogP contribution is 2.30. The van der Waals surface area contributed by atoms with Gasteiger partial charge in [-0.05, 0) is 67.9 Å². The van der Waals surface area contributed by atoms with Gasteiger partial charge < -0.3 is 10.1 Å². The fourth-order valence-corrected chi connectivity index (χ4v) is 3.12. The molecule has 0 atom stereocenters. The SMILES string of the molecule is COc1ccc(-c2nc3cc(C)ccn3c2NC(=O)Nc2ccc(C)cc2)cc1. The van der Waals surface area contributed by atoms with Crippen molar-refractivity contribution in [2.45, 2.75) is 13.8 Å². The quantitative estimate of drug-likeness (QED) is 0.502. The highest BCUT2D eigenvalue weighted by Gasteiger charge is 2.17. The first-order chi connectivity index (χ1) is 14.0. The second-order valence-corrected chi connectivity index (χ2v) is 6.91. The lowest BCUT2D eigenvalue weighted by atomic mass is 10.1. The van der Waals surface area contributed by atoms with E-state index >= 15 is 0 Å². The van der Waals surface area contributed by atoms with E-state index in [1.54, 1.807) is 7.11 Å². The second-order valence-electron chi connectivity index (χ2n) is 6.91. The first kappa shape index (κ1) is 18.6. The first-order valence-corrected chi connectivity index (χ1v) is 9.31. The van der Waals surface area contributed by atoms with Crippen LogP contribution in [0.25, 0.3) is 16.9 Å². The number of ether oxygens (including phenoxy) is 1. The number of carbonyl (C=O) groups excluding carboxylic acids is 1. The standard InChI is InChI=1S/C23H22N4O2/c1-15-4-8-18(9-5-15)24-23(28)26-22-21(17-6-10-19(29-3)11-7-17)25-20-14-16(2)12-13-27(20)22/h4-14H,1-3H3,(H2,24,26,28). The molecule has 0 fully saturated rings. The van der Waals surface area contributed by atoms with E-state index in [9.17, 15) is 4.79 Å². The van der Waals surface area contributed by atoms with Crippen LogP contribution in [0.2, 0.25) is 0 Å². The van der Waals surface area contributed by atoms with E-state index in [2.05, 4.69) is 10.6 Å². The molecule has 2 aromatic carbocycles. The van der Waals surface area contributed by atoms with Gasteiger partial charge in [-0.1, -0.05) is 17.7 Å². The molecule has 0 saturated carbocycles. The maximum absolute atomic E-state index is 12.7. The van der Waals surface area contributed by atoms with E-state index in [4.69, 9.17) is 9.72 Å². The molecule has 6 heteroatoms. The normalized spacial score (nSPS) is 10.7. The average molecular weight is 386 g/mol. The molecule has 2 amide bonds. The smallest absolute Gasteiger partial charge is 0.324 e. The Morgan fingerprint density at radius 2 is 1.66 bits per heavy atom. The number of rotatable bonds is 4. The van der Waals surface area contributed by atoms with Gasteiger partial charge in [-0.2, -0.15) is 0 Å². The van der Waals surface area contributed by atoms with Gasteiger partial charge in [0.2, 0.25) is 0 Å². The van der Waals surface area contributed by atoms with Crippen LogP contribution in [-0.2, 0) is 0 Å². The van der Waals surface area contributed by atoms with E-state index < -0.39 is 0 Å². The molecule has 4 rings (SSSR count). The van der Waals surface area contributed by atoms with E-state index in [0.29, 0.717) is 11.5 Å². The van der Waals surface area contributed by atoms with Gasteiger partial charge >= 0.3 is 6.03 Å². The molecule has 146 valence electrons. The number of aromatic nitrogens is 2. The number of hydrogen-bond acceptors (Lipinski definition) is 3. The Morgan fingerprint density at radius 3 is 2.34 bits per heavy atom. The molecule has 2 aromatic heterocycles. The molecule has 0 bridgehead atoms. The predicted octanol–water partition coefficient (Wildman–Crippen LogP) is 5.27. The zero-order valence-electron chi connectivity index (χ0n) is 16.6. The summed E-state index contributed by atoms with van der Waals surface area (Å²) in [6.45, 7) is 4.02. The summed E-state index contributed by atoms with van der Waals surface area (Å²) in [5, 5.41) is 5.83. The fraction of sp³-hybridized carbons (Fsp3) is 0.130. The van der Waals surface area contributed by atoms with Crippen LogP contribution in [0.15, 0.2) is 66.9 Å². The third kappa shape index (κ3) is 3.91. The van der Waals surface area contributed by atoms with Gasteiger partial charge in [-0.3, -0.25) is 9.72 Å². The highest BCUT2D eigenvalue weighted by atomic mass is 16.5. The summed E-state index contributed by atoms with van der Waals surface area (Å²) < 4.78 is 7.12. The number of nitrogens with zero attached hydrogens (tertiary/aromatic N) is 2. The van der Waals surface area contributed by atoms with Crippen molar-refractivity contribution in [3.05, 3.63) is 78.0 Å². The molecule has 29 heavy (non-hydrogen) atoms. The van der Waals surface area contributed by atoms with Gasteiger partial charge in [0, 0.05) is 17.4 Å². The van der Waals surface area contributed by atoms with Crippen LogP contribution in [-0.4, -0.2) is 22.5 Å². The van der Waals surface area contributed by atoms with Crippen molar-refractivity contribution in [1.82, 2.24) is 9.38 Å². The summed E-state index contributed by atoms with van der Waals surface area (Å²) in [5.74, 6) is 1.37. The molecule has 0 saturated heterocycles. The highest BCUT2D eigenvalue weighted by molar-refractivity contribution is 6.01. The number of nitrogens with one attached hydrogen (secondary N) is 2. The number of pyridine rings is 1. The Bertz CT molecular complexity index is 1160. The Morgan fingerprint density at radius 1 is 0.931 bits per heavy atom. The summed E-state index contributed by atoms with van der Waals surface area (Å²) >= 11 is 0. The summed E-state index contributed by atoms with van der Waals surface area (Å²) in [4.78, 5) is 17.4. The number of imidazole rings is 1. The first-order valence-electron chi connectivity index (χ1n) is 9.31. The van der Waals surface area contributed by atoms with Crippen molar-refractivity contribution in [2.75, 3.05) is 17.7 Å². The van der Waals surface area contributed by atoms with E-state index in [1.807, 2.05) is 85.1 Å². The van der Waals surface area contributed by atoms with Crippen molar-refractivity contribution in [2.24, 2.45) is 0 Å². The Balaban J connectivity index is 1.70. The second kappa shape index (κ2) is 7.67. The molecular formula is C23H22N4O2. The van der Waals surface area contributed by atoms with E-state index in [1.165, 1.54) is 0 Å². The molecule has 0 unspecified atom stereocenters. The molecule has 0 spiro atoms. The lowest BCUT2D eigenvalue weighted by Crippen LogP contribution is -2.20. The summed E-state index contributed by atoms with van der Waals surface area (Å²) in [7, 11) is 1.63. The molecule has 0 aliphatic heterocycles. The van der Waals surface area contributed by atoms with Gasteiger partial charge in [0.05, 0.1) is 7.11 Å². The number of hydrogen-bond donors (Lipinski definition) is 2. The minimum Gasteiger partial charge on any atom is -0.497 e. The van der Waals surface area contributed by atoms with Crippen molar-refractivity contribution < 1.29 is 9.53 Å². The van der Waals surface area contributed by atoms with Crippen molar-refractivity contribution >= 4 is 23.2 Å². The number of carbonyl (C=O) groups is 1. The Labute approximate surface area is 169 Å². The van der Waals surface area contributed by atoms with Crippen molar-refractivity contribution in [3.8, 4) is 17.0 Å². The van der Waals surface area contributed by atoms with Crippen LogP contribution >= 0.6 is 0 Å². The van der Waals surface area contributed by atoms with Gasteiger partial charge in [0.25, 0.3) is 0 Å². The van der Waals surface area contributed by atoms with Crippen LogP contribution in [0.1, 0.15) is 11.1 Å². The molecule has 4 aromatic rings. The predicted molar refractivity (Wildman–Crippen MR) is 116 cm³/mol. The molecule has 6 nitrogen and oxygen atoms in total. The van der Waals surface area contributed by atoms with Crippen LogP contribution in [0.5, 0.6) is 5.75 Å². The lowest BCUT2D eigenvalue weighted by molar-refractivity contribution is 0.262. The molecule has 0 aliphatic rings. The summed E-state index contributed by atoms with van der Waals surface area (Å²) in [6, 6.07) is 18.9. The zero-order chi connectivity index (χ0) is 20.4. The van der Waals surface area contributed by atoms with Crippen LogP contribution in [0.4, 0.5) is 16.3 Å². The van der Waals surface area contributed by atoms with Gasteiger partial charge in [0.1, 0.15) is 22.9 Å². The van der Waals surface area contributed by atoms with E-state index in [-0.39, 0.29) is 6.03 Å². The van der Waals surface area contributed by atoms with E-state index in [0.717, 1.165) is 33.8 Å². The summed E-state index contributed by atoms with van der Waals surface area (Å²) in [5.41, 5.74) is 5.30. The number of methoxy groups -OCH3 is 1. The van der Waals surface area contributed by atoms with Crippen molar-refractivity contribution in [1.29, 1.82) is 0 Å². The molecule has 2 N–H and O–H groups in total. The van der Waals surface area contributed by atoms with Crippen LogP contribution in [0, 0.1) is 13.8 Å². The number of fused-ring (bicyclic) bond motifs is 1. The number of benzene rings is 2. The number of urea groups is 1. The number of anilines is 2. The van der Waals surface area contributed by atoms with Crippen molar-refractivity contribution in [3.63, 3.8) is 0 Å². The Kier molecular flexibility index (Phi) is 4.91. The van der Waals surface area contributed by atoms with Gasteiger partial charge in [-0.15, -0.1) is 0 Å². The maximum Gasteiger partial charge on any atom is 0.324 e. The lowest BCUT2D eigenvalue weighted by Gasteiger charge is -2.10. The topological polar surface area (TPSA) is 67.7 Å². The minimum absolute atomic E-state index is 0.328. The van der Waals surface area contributed by atoms with Crippen LogP contribution < -0.4 is 15.4 Å². The third-order valence-corrected chi connectivity index (χ3v) is 4.69. The summed E-state index contributed by atoms with van der Waals surface area (Å²) in [6.07, 6.45) is 1.91. The monoisotopic (exact) mass is 386 g/mol. The number of amides is 2. The van der Waals surface area contributed by atoms with Gasteiger partial charge in [0.15, 0.2) is 0 Å². The average Bonchev–Trinajstić information content (AvgIpc) is 3.07. The minimum atomic E-state index is -0.328. The number of aryl methyl sites for hydroxylation is 2. The maximum atomic E-state index is 12.7. The van der Waals surface area contributed by atoms with Crippen LogP contribution in [0.3, 0.4) is 0 Å². The Hall–Kier alpha value is -3.80. The molecular weight excluding hydrogens is 364 g/mol. The zero-order valence-corrected chi connectivity index (χ0v) is 16.6. The molecule has 0 aliphatic carbocycles. The van der Waals surface area contributed by atoms with Gasteiger partial charge in [-0.25, -0.2) is 9.78 Å².